The van der Waals surface area contributed by atoms with Crippen LogP contribution in [0, 0.1) is 5.92 Å². The Morgan fingerprint density at radius 1 is 0.897 bits per heavy atom. The van der Waals surface area contributed by atoms with Crippen LogP contribution in [0.3, 0.4) is 0 Å². The highest BCUT2D eigenvalue weighted by atomic mass is 32.1. The summed E-state index contributed by atoms with van der Waals surface area (Å²) in [5.74, 6) is 0.827. The fourth-order valence-electron chi connectivity index (χ4n) is 8.14. The first-order chi connectivity index (χ1) is 19.2. The maximum atomic E-state index is 12.1. The van der Waals surface area contributed by atoms with Gasteiger partial charge >= 0.3 is 0 Å². The van der Waals surface area contributed by atoms with Crippen molar-refractivity contribution in [1.82, 2.24) is 9.47 Å². The van der Waals surface area contributed by atoms with Gasteiger partial charge in [0.2, 0.25) is 5.91 Å². The number of hydrogen-bond acceptors (Lipinski definition) is 4. The summed E-state index contributed by atoms with van der Waals surface area (Å²) in [5, 5.41) is 1.45. The standard InChI is InChI=1S/C32H40N4O.CH4S/c33-32(37)23-13-14-26-28(19-23)36-18-8-17-35-21-24(20-34-15-5-2-6-16-34)25-11-7-12-27(30(25)35)31(36)29(26)22-9-3-1-4-10-22;1-2/h7,11-14,19,21-22,29,31H,1-6,8-10,15-18,20H2,(H2,33,37);2H,1H3. The number of likely N-dealkylation sites (tertiary alicyclic amines) is 1. The molecular weight excluding hydrogens is 500 g/mol. The maximum Gasteiger partial charge on any atom is 0.248 e. The first-order valence-corrected chi connectivity index (χ1v) is 16.1. The van der Waals surface area contributed by atoms with Gasteiger partial charge in [-0.3, -0.25) is 9.69 Å². The molecule has 6 heteroatoms. The van der Waals surface area contributed by atoms with Crippen LogP contribution in [0.15, 0.2) is 42.6 Å². The molecule has 3 aromatic rings. The van der Waals surface area contributed by atoms with Crippen LogP contribution in [-0.4, -0.2) is 41.3 Å². The Bertz CT molecular complexity index is 1320. The van der Waals surface area contributed by atoms with Crippen molar-refractivity contribution in [2.75, 3.05) is 30.8 Å². The van der Waals surface area contributed by atoms with Gasteiger partial charge in [0.1, 0.15) is 0 Å². The number of aryl methyl sites for hydroxylation is 1. The molecular formula is C33H44N4OS. The summed E-state index contributed by atoms with van der Waals surface area (Å²) in [7, 11) is 0. The van der Waals surface area contributed by atoms with E-state index < -0.39 is 0 Å². The average molecular weight is 545 g/mol. The topological polar surface area (TPSA) is 54.5 Å². The van der Waals surface area contributed by atoms with Gasteiger partial charge in [0.15, 0.2) is 0 Å². The van der Waals surface area contributed by atoms with Gasteiger partial charge in [-0.15, -0.1) is 0 Å². The van der Waals surface area contributed by atoms with E-state index in [9.17, 15) is 4.79 Å². The zero-order chi connectivity index (χ0) is 26.9. The number of nitrogens with zero attached hydrogens (tertiary/aromatic N) is 3. The molecule has 0 radical (unpaired) electrons. The van der Waals surface area contributed by atoms with E-state index in [1.807, 2.05) is 6.07 Å². The molecule has 1 amide bonds. The molecule has 2 atom stereocenters. The summed E-state index contributed by atoms with van der Waals surface area (Å²) in [6.45, 7) is 5.57. The predicted octanol–water partition coefficient (Wildman–Crippen LogP) is 6.90. The van der Waals surface area contributed by atoms with E-state index in [1.165, 1.54) is 97.7 Å². The van der Waals surface area contributed by atoms with Crippen LogP contribution in [0.5, 0.6) is 0 Å². The van der Waals surface area contributed by atoms with Gasteiger partial charge in [0.05, 0.1) is 11.6 Å². The van der Waals surface area contributed by atoms with E-state index in [0.717, 1.165) is 26.1 Å². The van der Waals surface area contributed by atoms with Gasteiger partial charge in [-0.2, -0.15) is 12.6 Å². The molecule has 7 rings (SSSR count). The van der Waals surface area contributed by atoms with Gasteiger partial charge in [-0.1, -0.05) is 49.9 Å². The number of piperidine rings is 1. The Morgan fingerprint density at radius 3 is 2.44 bits per heavy atom. The second-order valence-corrected chi connectivity index (χ2v) is 12.0. The monoisotopic (exact) mass is 544 g/mol. The highest BCUT2D eigenvalue weighted by Crippen LogP contribution is 2.56. The van der Waals surface area contributed by atoms with Crippen molar-refractivity contribution >= 4 is 35.1 Å². The second-order valence-electron chi connectivity index (χ2n) is 12.0. The molecule has 2 unspecified atom stereocenters. The van der Waals surface area contributed by atoms with Gasteiger partial charge in [0, 0.05) is 48.4 Å². The Kier molecular flexibility index (Phi) is 7.95. The van der Waals surface area contributed by atoms with E-state index in [2.05, 4.69) is 63.5 Å². The highest BCUT2D eigenvalue weighted by molar-refractivity contribution is 7.79. The zero-order valence-electron chi connectivity index (χ0n) is 23.4. The first-order valence-electron chi connectivity index (χ1n) is 15.2. The number of primary amides is 1. The largest absolute Gasteiger partial charge is 0.366 e. The molecule has 1 aromatic heterocycles. The lowest BCUT2D eigenvalue weighted by Crippen LogP contribution is -2.33. The minimum Gasteiger partial charge on any atom is -0.366 e. The third kappa shape index (κ3) is 4.88. The molecule has 1 saturated carbocycles. The number of hydrogen-bond donors (Lipinski definition) is 2. The molecule has 0 spiro atoms. The van der Waals surface area contributed by atoms with Crippen LogP contribution in [-0.2, 0) is 13.1 Å². The molecule has 2 N–H and O–H groups in total. The predicted molar refractivity (Wildman–Crippen MR) is 165 cm³/mol. The van der Waals surface area contributed by atoms with Crippen molar-refractivity contribution in [2.24, 2.45) is 11.7 Å². The Labute approximate surface area is 239 Å². The lowest BCUT2D eigenvalue weighted by atomic mass is 9.73. The fraction of sp³-hybridized carbons (Fsp3) is 0.545. The van der Waals surface area contributed by atoms with Crippen LogP contribution in [0.1, 0.15) is 96.8 Å². The van der Waals surface area contributed by atoms with Gasteiger partial charge in [-0.05, 0) is 86.2 Å². The van der Waals surface area contributed by atoms with Gasteiger partial charge in [-0.25, -0.2) is 0 Å². The van der Waals surface area contributed by atoms with Gasteiger partial charge in [0.25, 0.3) is 0 Å². The van der Waals surface area contributed by atoms with E-state index >= 15 is 0 Å². The first kappa shape index (κ1) is 26.8. The van der Waals surface area contributed by atoms with E-state index in [-0.39, 0.29) is 5.91 Å². The summed E-state index contributed by atoms with van der Waals surface area (Å²) in [4.78, 5) is 17.5. The summed E-state index contributed by atoms with van der Waals surface area (Å²) < 4.78 is 2.58. The maximum absolute atomic E-state index is 12.1. The smallest absolute Gasteiger partial charge is 0.248 e. The lowest BCUT2D eigenvalue weighted by molar-refractivity contribution is 0.100. The number of carbonyl (C=O) groups is 1. The Hall–Kier alpha value is -2.44. The number of carbonyl (C=O) groups excluding carboxylic acids is 1. The summed E-state index contributed by atoms with van der Waals surface area (Å²) >= 11 is 3.53. The van der Waals surface area contributed by atoms with Crippen molar-refractivity contribution in [3.05, 3.63) is 64.8 Å². The summed E-state index contributed by atoms with van der Waals surface area (Å²) in [5.41, 5.74) is 13.5. The van der Waals surface area contributed by atoms with Crippen LogP contribution in [0.25, 0.3) is 10.9 Å². The van der Waals surface area contributed by atoms with Crippen LogP contribution in [0.4, 0.5) is 5.69 Å². The third-order valence-corrected chi connectivity index (χ3v) is 9.79. The Balaban J connectivity index is 0.00000135. The van der Waals surface area contributed by atoms with Crippen molar-refractivity contribution in [3.8, 4) is 0 Å². The number of benzene rings is 2. The Morgan fingerprint density at radius 2 is 1.67 bits per heavy atom. The number of fused-ring (bicyclic) bond motifs is 4. The minimum absolute atomic E-state index is 0.321. The molecule has 208 valence electrons. The van der Waals surface area contributed by atoms with E-state index in [1.54, 1.807) is 6.26 Å². The molecule has 0 bridgehead atoms. The number of nitrogens with two attached hydrogens (primary N) is 1. The molecule has 2 fully saturated rings. The van der Waals surface area contributed by atoms with Crippen LogP contribution >= 0.6 is 12.6 Å². The van der Waals surface area contributed by atoms with E-state index in [4.69, 9.17) is 5.73 Å². The SMILES string of the molecule is CS.NC(=O)c1ccc2c(c1)N1CCCn3cc(CN4CCCCC4)c4cccc(c43)C1C2C1CCCCC1. The van der Waals surface area contributed by atoms with Crippen molar-refractivity contribution in [3.63, 3.8) is 0 Å². The number of thiol groups is 1. The summed E-state index contributed by atoms with van der Waals surface area (Å²) in [6.07, 6.45) is 16.0. The quantitative estimate of drug-likeness (QED) is 0.351. The number of rotatable bonds is 4. The molecule has 1 saturated heterocycles. The normalized spacial score (nSPS) is 23.4. The zero-order valence-corrected chi connectivity index (χ0v) is 24.3. The number of amides is 1. The minimum atomic E-state index is -0.328. The molecule has 4 heterocycles. The number of para-hydroxylation sites is 1. The van der Waals surface area contributed by atoms with Crippen LogP contribution < -0.4 is 10.6 Å². The fourth-order valence-corrected chi connectivity index (χ4v) is 8.14. The van der Waals surface area contributed by atoms with Crippen molar-refractivity contribution in [2.45, 2.75) is 82.8 Å². The second kappa shape index (κ2) is 11.6. The highest BCUT2D eigenvalue weighted by Gasteiger charge is 2.45. The van der Waals surface area contributed by atoms with Crippen molar-refractivity contribution < 1.29 is 4.79 Å². The molecule has 2 aromatic carbocycles. The van der Waals surface area contributed by atoms with Crippen molar-refractivity contribution in [1.29, 1.82) is 0 Å². The van der Waals surface area contributed by atoms with E-state index in [0.29, 0.717) is 23.4 Å². The number of aromatic nitrogens is 1. The molecule has 4 aliphatic rings. The molecule has 1 aliphatic carbocycles. The number of anilines is 1. The van der Waals surface area contributed by atoms with Gasteiger partial charge < -0.3 is 15.2 Å². The summed E-state index contributed by atoms with van der Waals surface area (Å²) in [6, 6.07) is 13.7. The third-order valence-electron chi connectivity index (χ3n) is 9.79. The van der Waals surface area contributed by atoms with Crippen LogP contribution in [0.2, 0.25) is 0 Å². The average Bonchev–Trinajstić information content (AvgIpc) is 3.49. The molecule has 3 aliphatic heterocycles. The molecule has 5 nitrogen and oxygen atoms in total. The molecule has 39 heavy (non-hydrogen) atoms. The lowest BCUT2D eigenvalue weighted by Gasteiger charge is -2.37.